The van der Waals surface area contributed by atoms with Crippen molar-refractivity contribution in [2.75, 3.05) is 5.32 Å². The van der Waals surface area contributed by atoms with Gasteiger partial charge in [0, 0.05) is 24.1 Å². The molecule has 1 aromatic heterocycles. The first-order valence-corrected chi connectivity index (χ1v) is 8.37. The van der Waals surface area contributed by atoms with Crippen LogP contribution in [0.25, 0.3) is 11.4 Å². The van der Waals surface area contributed by atoms with Crippen LogP contribution in [0.2, 0.25) is 0 Å². The molecule has 0 aliphatic heterocycles. The van der Waals surface area contributed by atoms with Crippen LogP contribution >= 0.6 is 0 Å². The molecular weight excluding hydrogens is 314 g/mol. The van der Waals surface area contributed by atoms with Crippen molar-refractivity contribution in [3.05, 3.63) is 65.5 Å². The van der Waals surface area contributed by atoms with E-state index in [1.165, 1.54) is 0 Å². The molecule has 5 heteroatoms. The van der Waals surface area contributed by atoms with Crippen molar-refractivity contribution >= 4 is 11.6 Å². The third kappa shape index (κ3) is 4.53. The van der Waals surface area contributed by atoms with Crippen molar-refractivity contribution in [3.63, 3.8) is 0 Å². The predicted octanol–water partition coefficient (Wildman–Crippen LogP) is 4.31. The number of benzene rings is 2. The molecule has 2 aromatic carbocycles. The summed E-state index contributed by atoms with van der Waals surface area (Å²) >= 11 is 0. The number of nitrogens with one attached hydrogen (secondary N) is 1. The number of hydrogen-bond acceptors (Lipinski definition) is 4. The standard InChI is InChI=1S/C20H21N3O2/c1-14-7-5-9-16(13-14)20-22-19(25-23-20)12-6-11-18(24)21-17-10-4-3-8-15(17)2/h3-5,7-10,13H,6,11-12H2,1-2H3,(H,21,24). The number of nitrogens with zero attached hydrogens (tertiary/aromatic N) is 2. The van der Waals surface area contributed by atoms with Crippen molar-refractivity contribution in [3.8, 4) is 11.4 Å². The second kappa shape index (κ2) is 7.75. The maximum Gasteiger partial charge on any atom is 0.226 e. The molecule has 1 heterocycles. The van der Waals surface area contributed by atoms with Crippen LogP contribution in [-0.2, 0) is 11.2 Å². The number of anilines is 1. The molecule has 0 radical (unpaired) electrons. The zero-order valence-electron chi connectivity index (χ0n) is 14.5. The van der Waals surface area contributed by atoms with E-state index in [1.54, 1.807) is 0 Å². The molecule has 25 heavy (non-hydrogen) atoms. The van der Waals surface area contributed by atoms with Gasteiger partial charge in [0.25, 0.3) is 0 Å². The van der Waals surface area contributed by atoms with E-state index in [4.69, 9.17) is 4.52 Å². The van der Waals surface area contributed by atoms with Gasteiger partial charge in [0.2, 0.25) is 17.6 Å². The zero-order chi connectivity index (χ0) is 17.6. The summed E-state index contributed by atoms with van der Waals surface area (Å²) in [6.45, 7) is 4.00. The normalized spacial score (nSPS) is 10.6. The number of para-hydroxylation sites is 1. The van der Waals surface area contributed by atoms with E-state index in [0.717, 1.165) is 22.4 Å². The minimum atomic E-state index is -0.00674. The molecule has 0 aliphatic carbocycles. The third-order valence-electron chi connectivity index (χ3n) is 3.96. The average molecular weight is 335 g/mol. The maximum atomic E-state index is 12.0. The van der Waals surface area contributed by atoms with Crippen LogP contribution in [0.1, 0.15) is 29.9 Å². The van der Waals surface area contributed by atoms with E-state index >= 15 is 0 Å². The summed E-state index contributed by atoms with van der Waals surface area (Å²) in [5.74, 6) is 1.14. The number of carbonyl (C=O) groups is 1. The molecule has 0 atom stereocenters. The average Bonchev–Trinajstić information content (AvgIpc) is 3.06. The van der Waals surface area contributed by atoms with E-state index in [9.17, 15) is 4.79 Å². The maximum absolute atomic E-state index is 12.0. The third-order valence-corrected chi connectivity index (χ3v) is 3.96. The Morgan fingerprint density at radius 3 is 2.76 bits per heavy atom. The van der Waals surface area contributed by atoms with Crippen LogP contribution in [0.15, 0.2) is 53.1 Å². The number of aromatic nitrogens is 2. The Hall–Kier alpha value is -2.95. The fraction of sp³-hybridized carbons (Fsp3) is 0.250. The van der Waals surface area contributed by atoms with Gasteiger partial charge < -0.3 is 9.84 Å². The molecule has 0 unspecified atom stereocenters. The number of rotatable bonds is 6. The summed E-state index contributed by atoms with van der Waals surface area (Å²) in [6.07, 6.45) is 1.66. The van der Waals surface area contributed by atoms with Gasteiger partial charge in [0.05, 0.1) is 0 Å². The Morgan fingerprint density at radius 2 is 1.96 bits per heavy atom. The molecule has 0 fully saturated rings. The zero-order valence-corrected chi connectivity index (χ0v) is 14.5. The van der Waals surface area contributed by atoms with Gasteiger partial charge in [-0.3, -0.25) is 4.79 Å². The molecule has 0 saturated heterocycles. The SMILES string of the molecule is Cc1cccc(-c2noc(CCCC(=O)Nc3ccccc3C)n2)c1. The largest absolute Gasteiger partial charge is 0.339 e. The highest BCUT2D eigenvalue weighted by Crippen LogP contribution is 2.18. The van der Waals surface area contributed by atoms with Gasteiger partial charge in [-0.25, -0.2) is 0 Å². The quantitative estimate of drug-likeness (QED) is 0.728. The van der Waals surface area contributed by atoms with E-state index in [-0.39, 0.29) is 5.91 Å². The highest BCUT2D eigenvalue weighted by Gasteiger charge is 2.10. The lowest BCUT2D eigenvalue weighted by Gasteiger charge is -2.07. The second-order valence-electron chi connectivity index (χ2n) is 6.10. The molecule has 128 valence electrons. The first-order chi connectivity index (χ1) is 12.1. The monoisotopic (exact) mass is 335 g/mol. The van der Waals surface area contributed by atoms with Gasteiger partial charge in [-0.2, -0.15) is 4.98 Å². The molecule has 3 rings (SSSR count). The molecule has 0 aliphatic rings. The van der Waals surface area contributed by atoms with Crippen LogP contribution in [0.5, 0.6) is 0 Å². The first kappa shape index (κ1) is 16.9. The summed E-state index contributed by atoms with van der Waals surface area (Å²) in [7, 11) is 0. The van der Waals surface area contributed by atoms with Gasteiger partial charge in [-0.15, -0.1) is 0 Å². The van der Waals surface area contributed by atoms with Crippen molar-refractivity contribution in [1.82, 2.24) is 10.1 Å². The van der Waals surface area contributed by atoms with Gasteiger partial charge in [0.1, 0.15) is 0 Å². The molecule has 1 N–H and O–H groups in total. The van der Waals surface area contributed by atoms with Crippen molar-refractivity contribution in [1.29, 1.82) is 0 Å². The summed E-state index contributed by atoms with van der Waals surface area (Å²) in [5.41, 5.74) is 3.99. The van der Waals surface area contributed by atoms with E-state index < -0.39 is 0 Å². The van der Waals surface area contributed by atoms with Crippen LogP contribution in [-0.4, -0.2) is 16.0 Å². The highest BCUT2D eigenvalue weighted by atomic mass is 16.5. The summed E-state index contributed by atoms with van der Waals surface area (Å²) in [5, 5.41) is 6.95. The van der Waals surface area contributed by atoms with Crippen LogP contribution in [0.3, 0.4) is 0 Å². The minimum absolute atomic E-state index is 0.00674. The lowest BCUT2D eigenvalue weighted by atomic mass is 10.1. The molecule has 0 saturated carbocycles. The smallest absolute Gasteiger partial charge is 0.226 e. The summed E-state index contributed by atoms with van der Waals surface area (Å²) in [4.78, 5) is 16.4. The molecular formula is C20H21N3O2. The van der Waals surface area contributed by atoms with E-state index in [1.807, 2.05) is 62.4 Å². The van der Waals surface area contributed by atoms with Gasteiger partial charge in [0.15, 0.2) is 0 Å². The summed E-state index contributed by atoms with van der Waals surface area (Å²) in [6, 6.07) is 15.7. The number of hydrogen-bond donors (Lipinski definition) is 1. The molecule has 0 bridgehead atoms. The van der Waals surface area contributed by atoms with Gasteiger partial charge in [-0.05, 0) is 38.0 Å². The molecule has 1 amide bonds. The van der Waals surface area contributed by atoms with E-state index in [2.05, 4.69) is 15.5 Å². The number of carbonyl (C=O) groups excluding carboxylic acids is 1. The first-order valence-electron chi connectivity index (χ1n) is 8.37. The van der Waals surface area contributed by atoms with Crippen LogP contribution in [0.4, 0.5) is 5.69 Å². The van der Waals surface area contributed by atoms with Crippen LogP contribution < -0.4 is 5.32 Å². The lowest BCUT2D eigenvalue weighted by Crippen LogP contribution is -2.12. The topological polar surface area (TPSA) is 68.0 Å². The highest BCUT2D eigenvalue weighted by molar-refractivity contribution is 5.91. The molecule has 5 nitrogen and oxygen atoms in total. The van der Waals surface area contributed by atoms with Crippen molar-refractivity contribution < 1.29 is 9.32 Å². The van der Waals surface area contributed by atoms with E-state index in [0.29, 0.717) is 31.0 Å². The molecule has 3 aromatic rings. The van der Waals surface area contributed by atoms with Crippen LogP contribution in [0, 0.1) is 13.8 Å². The van der Waals surface area contributed by atoms with Gasteiger partial charge in [-0.1, -0.05) is 47.1 Å². The Kier molecular flexibility index (Phi) is 5.23. The fourth-order valence-corrected chi connectivity index (χ4v) is 2.58. The Labute approximate surface area is 147 Å². The Balaban J connectivity index is 1.51. The van der Waals surface area contributed by atoms with Crippen molar-refractivity contribution in [2.45, 2.75) is 33.1 Å². The number of aryl methyl sites for hydroxylation is 3. The Bertz CT molecular complexity index is 871. The van der Waals surface area contributed by atoms with Gasteiger partial charge >= 0.3 is 0 Å². The minimum Gasteiger partial charge on any atom is -0.339 e. The fourth-order valence-electron chi connectivity index (χ4n) is 2.58. The predicted molar refractivity (Wildman–Crippen MR) is 97.2 cm³/mol. The summed E-state index contributed by atoms with van der Waals surface area (Å²) < 4.78 is 5.29. The van der Waals surface area contributed by atoms with Crippen molar-refractivity contribution in [2.24, 2.45) is 0 Å². The second-order valence-corrected chi connectivity index (χ2v) is 6.10. The molecule has 0 spiro atoms. The number of amides is 1. The lowest BCUT2D eigenvalue weighted by molar-refractivity contribution is -0.116. The Morgan fingerprint density at radius 1 is 1.12 bits per heavy atom.